The number of hydrogen-bond donors (Lipinski definition) is 2. The van der Waals surface area contributed by atoms with Crippen LogP contribution in [0.15, 0.2) is 60.9 Å². The van der Waals surface area contributed by atoms with E-state index in [4.69, 9.17) is 5.73 Å². The van der Waals surface area contributed by atoms with Gasteiger partial charge in [0.05, 0.1) is 11.4 Å². The first-order chi connectivity index (χ1) is 14.0. The molecule has 4 aromatic rings. The lowest BCUT2D eigenvalue weighted by Gasteiger charge is -2.12. The maximum absolute atomic E-state index is 12.0. The van der Waals surface area contributed by atoms with Gasteiger partial charge in [-0.3, -0.25) is 4.98 Å². The molecule has 5 nitrogen and oxygen atoms in total. The van der Waals surface area contributed by atoms with Gasteiger partial charge in [-0.1, -0.05) is 36.4 Å². The van der Waals surface area contributed by atoms with Gasteiger partial charge in [-0.15, -0.1) is 0 Å². The number of aromatic nitrogens is 2. The Balaban J connectivity index is 1.72. The molecule has 3 N–H and O–H groups in total. The molecule has 0 spiro atoms. The van der Waals surface area contributed by atoms with Crippen molar-refractivity contribution in [1.82, 2.24) is 9.55 Å². The van der Waals surface area contributed by atoms with Crippen molar-refractivity contribution in [3.8, 4) is 22.4 Å². The van der Waals surface area contributed by atoms with Gasteiger partial charge in [0, 0.05) is 41.5 Å². The number of hydrogen-bond acceptors (Lipinski definition) is 3. The molecule has 29 heavy (non-hydrogen) atoms. The second-order valence-corrected chi connectivity index (χ2v) is 7.68. The van der Waals surface area contributed by atoms with Crippen molar-refractivity contribution in [2.75, 3.05) is 5.73 Å². The Morgan fingerprint density at radius 1 is 1.14 bits per heavy atom. The van der Waals surface area contributed by atoms with Gasteiger partial charge in [0.25, 0.3) is 0 Å². The summed E-state index contributed by atoms with van der Waals surface area (Å²) in [6, 6.07) is 16.1. The zero-order valence-corrected chi connectivity index (χ0v) is 16.1. The van der Waals surface area contributed by atoms with E-state index in [1.54, 1.807) is 6.20 Å². The Morgan fingerprint density at radius 3 is 2.59 bits per heavy atom. The number of nitrogens with zero attached hydrogens (tertiary/aromatic N) is 2. The van der Waals surface area contributed by atoms with E-state index in [9.17, 15) is 9.90 Å². The van der Waals surface area contributed by atoms with E-state index in [0.717, 1.165) is 46.0 Å². The van der Waals surface area contributed by atoms with Crippen LogP contribution in [-0.2, 0) is 7.05 Å². The number of rotatable bonds is 4. The smallest absolute Gasteiger partial charge is 0.340 e. The summed E-state index contributed by atoms with van der Waals surface area (Å²) in [5.41, 5.74) is 12.1. The molecule has 2 heterocycles. The fraction of sp³-hybridized carbons (Fsp3) is 0.167. The highest BCUT2D eigenvalue weighted by molar-refractivity contribution is 6.03. The predicted octanol–water partition coefficient (Wildman–Crippen LogP) is 5.07. The fourth-order valence-electron chi connectivity index (χ4n) is 4.08. The standard InChI is InChI=1S/C24H21N3O2/c1-27-13-19(14-5-3-2-4-6-14)17-11-16(9-10-20(17)27)23-21(24(28)29)22(25)18(12-26-23)15-7-8-15/h2-6,9-13,15H,7-8H2,1H3,(H2,25,26)(H,28,29). The second kappa shape index (κ2) is 6.48. The van der Waals surface area contributed by atoms with Crippen LogP contribution in [-0.4, -0.2) is 20.6 Å². The number of benzene rings is 2. The molecule has 5 heteroatoms. The van der Waals surface area contributed by atoms with Crippen molar-refractivity contribution < 1.29 is 9.90 Å². The SMILES string of the molecule is Cn1cc(-c2ccccc2)c2cc(-c3ncc(C4CC4)c(N)c3C(=O)O)ccc21. The summed E-state index contributed by atoms with van der Waals surface area (Å²) in [5, 5.41) is 10.9. The molecular formula is C24H21N3O2. The van der Waals surface area contributed by atoms with Gasteiger partial charge >= 0.3 is 5.97 Å². The normalized spacial score (nSPS) is 13.7. The lowest BCUT2D eigenvalue weighted by atomic mass is 9.97. The van der Waals surface area contributed by atoms with Crippen molar-refractivity contribution in [2.24, 2.45) is 7.05 Å². The Hall–Kier alpha value is -3.60. The van der Waals surface area contributed by atoms with Crippen LogP contribution in [0.1, 0.15) is 34.7 Å². The molecule has 0 atom stereocenters. The summed E-state index contributed by atoms with van der Waals surface area (Å²) in [4.78, 5) is 16.6. The first-order valence-corrected chi connectivity index (χ1v) is 9.71. The number of pyridine rings is 1. The van der Waals surface area contributed by atoms with Gasteiger partial charge in [-0.2, -0.15) is 0 Å². The number of aromatic carboxylic acids is 1. The van der Waals surface area contributed by atoms with E-state index in [0.29, 0.717) is 17.3 Å². The van der Waals surface area contributed by atoms with Crippen molar-refractivity contribution in [3.05, 3.63) is 72.1 Å². The van der Waals surface area contributed by atoms with Gasteiger partial charge < -0.3 is 15.4 Å². The van der Waals surface area contributed by atoms with Gasteiger partial charge in [-0.05, 0) is 42.0 Å². The molecular weight excluding hydrogens is 362 g/mol. The molecule has 144 valence electrons. The molecule has 0 saturated heterocycles. The first-order valence-electron chi connectivity index (χ1n) is 9.71. The van der Waals surface area contributed by atoms with Crippen LogP contribution in [0.2, 0.25) is 0 Å². The minimum absolute atomic E-state index is 0.103. The molecule has 1 saturated carbocycles. The van der Waals surface area contributed by atoms with E-state index < -0.39 is 5.97 Å². The van der Waals surface area contributed by atoms with Crippen molar-refractivity contribution in [3.63, 3.8) is 0 Å². The maximum atomic E-state index is 12.0. The summed E-state index contributed by atoms with van der Waals surface area (Å²) in [7, 11) is 2.01. The molecule has 1 fully saturated rings. The second-order valence-electron chi connectivity index (χ2n) is 7.68. The van der Waals surface area contributed by atoms with Crippen molar-refractivity contribution in [2.45, 2.75) is 18.8 Å². The minimum atomic E-state index is -1.04. The maximum Gasteiger partial charge on any atom is 0.340 e. The quantitative estimate of drug-likeness (QED) is 0.516. The molecule has 5 rings (SSSR count). The van der Waals surface area contributed by atoms with Crippen molar-refractivity contribution in [1.29, 1.82) is 0 Å². The van der Waals surface area contributed by atoms with Crippen LogP contribution in [0.3, 0.4) is 0 Å². The van der Waals surface area contributed by atoms with Gasteiger partial charge in [-0.25, -0.2) is 4.79 Å². The molecule has 1 aliphatic carbocycles. The Kier molecular flexibility index (Phi) is 3.91. The molecule has 2 aromatic carbocycles. The zero-order chi connectivity index (χ0) is 20.1. The number of nitrogens with two attached hydrogens (primary N) is 1. The largest absolute Gasteiger partial charge is 0.478 e. The highest BCUT2D eigenvalue weighted by atomic mass is 16.4. The molecule has 0 bridgehead atoms. The monoisotopic (exact) mass is 383 g/mol. The summed E-state index contributed by atoms with van der Waals surface area (Å²) in [6.07, 6.45) is 5.93. The summed E-state index contributed by atoms with van der Waals surface area (Å²) < 4.78 is 2.08. The van der Waals surface area contributed by atoms with Gasteiger partial charge in [0.1, 0.15) is 5.56 Å². The van der Waals surface area contributed by atoms with E-state index >= 15 is 0 Å². The van der Waals surface area contributed by atoms with E-state index in [-0.39, 0.29) is 5.56 Å². The van der Waals surface area contributed by atoms with Crippen LogP contribution in [0.5, 0.6) is 0 Å². The average Bonchev–Trinajstić information content (AvgIpc) is 3.51. The molecule has 0 aliphatic heterocycles. The lowest BCUT2D eigenvalue weighted by molar-refractivity contribution is 0.0698. The van der Waals surface area contributed by atoms with Crippen LogP contribution in [0.25, 0.3) is 33.3 Å². The number of fused-ring (bicyclic) bond motifs is 1. The Bertz CT molecular complexity index is 1250. The fourth-order valence-corrected chi connectivity index (χ4v) is 4.08. The third-order valence-electron chi connectivity index (χ3n) is 5.73. The number of nitrogen functional groups attached to an aromatic ring is 1. The van der Waals surface area contributed by atoms with Crippen LogP contribution >= 0.6 is 0 Å². The van der Waals surface area contributed by atoms with Gasteiger partial charge in [0.15, 0.2) is 0 Å². The van der Waals surface area contributed by atoms with Crippen LogP contribution in [0, 0.1) is 0 Å². The number of aryl methyl sites for hydroxylation is 1. The first kappa shape index (κ1) is 17.5. The summed E-state index contributed by atoms with van der Waals surface area (Å²) in [6.45, 7) is 0. The minimum Gasteiger partial charge on any atom is -0.478 e. The van der Waals surface area contributed by atoms with E-state index in [2.05, 4.69) is 27.9 Å². The molecule has 0 unspecified atom stereocenters. The topological polar surface area (TPSA) is 81.1 Å². The molecule has 0 radical (unpaired) electrons. The van der Waals surface area contributed by atoms with E-state index in [1.165, 1.54) is 0 Å². The third kappa shape index (κ3) is 2.86. The molecule has 2 aromatic heterocycles. The van der Waals surface area contributed by atoms with Crippen molar-refractivity contribution >= 4 is 22.6 Å². The molecule has 1 aliphatic rings. The highest BCUT2D eigenvalue weighted by Crippen LogP contribution is 2.44. The van der Waals surface area contributed by atoms with Crippen LogP contribution in [0.4, 0.5) is 5.69 Å². The third-order valence-corrected chi connectivity index (χ3v) is 5.73. The van der Waals surface area contributed by atoms with Gasteiger partial charge in [0.2, 0.25) is 0 Å². The Morgan fingerprint density at radius 2 is 1.90 bits per heavy atom. The lowest BCUT2D eigenvalue weighted by Crippen LogP contribution is -2.09. The summed E-state index contributed by atoms with van der Waals surface area (Å²) >= 11 is 0. The van der Waals surface area contributed by atoms with Crippen LogP contribution < -0.4 is 5.73 Å². The summed E-state index contributed by atoms with van der Waals surface area (Å²) in [5.74, 6) is -0.695. The zero-order valence-electron chi connectivity index (χ0n) is 16.1. The predicted molar refractivity (Wildman–Crippen MR) is 115 cm³/mol. The number of anilines is 1. The highest BCUT2D eigenvalue weighted by Gasteiger charge is 2.30. The Labute approximate surface area is 168 Å². The number of carboxylic acid groups (broad SMARTS) is 1. The molecule has 0 amide bonds. The van der Waals surface area contributed by atoms with E-state index in [1.807, 2.05) is 43.4 Å². The number of carbonyl (C=O) groups is 1. The average molecular weight is 383 g/mol. The number of carboxylic acids is 1.